The summed E-state index contributed by atoms with van der Waals surface area (Å²) in [6.07, 6.45) is 8.35. The van der Waals surface area contributed by atoms with E-state index in [0.29, 0.717) is 18.4 Å². The van der Waals surface area contributed by atoms with Gasteiger partial charge in [-0.2, -0.15) is 0 Å². The fraction of sp³-hybridized carbons (Fsp3) is 0.621. The molecule has 3 rings (SSSR count). The van der Waals surface area contributed by atoms with Crippen LogP contribution in [0.4, 0.5) is 0 Å². The maximum absolute atomic E-state index is 13.4. The molecule has 1 aromatic rings. The summed E-state index contributed by atoms with van der Waals surface area (Å²) >= 11 is 0. The average Bonchev–Trinajstić information content (AvgIpc) is 2.92. The Morgan fingerprint density at radius 3 is 2.03 bits per heavy atom. The summed E-state index contributed by atoms with van der Waals surface area (Å²) in [5, 5.41) is 11.2. The Morgan fingerprint density at radius 1 is 0.816 bits per heavy atom. The molecule has 0 radical (unpaired) electrons. The number of hydrogen-bond donors (Lipinski definition) is 4. The largest absolute Gasteiger partial charge is 0.347 e. The second-order valence-corrected chi connectivity index (χ2v) is 11.1. The van der Waals surface area contributed by atoms with Gasteiger partial charge in [0.15, 0.2) is 0 Å². The van der Waals surface area contributed by atoms with Crippen molar-refractivity contribution >= 4 is 29.4 Å². The number of amides is 4. The van der Waals surface area contributed by atoms with Crippen molar-refractivity contribution in [1.82, 2.24) is 21.3 Å². The van der Waals surface area contributed by atoms with Gasteiger partial charge >= 0.3 is 0 Å². The van der Waals surface area contributed by atoms with Crippen LogP contribution in [0.1, 0.15) is 95.3 Å². The molecular weight excluding hydrogens is 484 g/mol. The Kier molecular flexibility index (Phi) is 10.4. The van der Waals surface area contributed by atoms with Crippen molar-refractivity contribution in [2.24, 2.45) is 5.92 Å². The first kappa shape index (κ1) is 29.3. The zero-order chi connectivity index (χ0) is 27.7. The molecule has 0 unspecified atom stereocenters. The van der Waals surface area contributed by atoms with Gasteiger partial charge in [-0.3, -0.25) is 24.0 Å². The second kappa shape index (κ2) is 13.5. The fourth-order valence-electron chi connectivity index (χ4n) is 5.30. The smallest absolute Gasteiger partial charge is 0.289 e. The van der Waals surface area contributed by atoms with E-state index in [1.54, 1.807) is 38.1 Å². The molecule has 0 heterocycles. The summed E-state index contributed by atoms with van der Waals surface area (Å²) in [5.41, 5.74) is -0.659. The molecule has 1 aromatic carbocycles. The summed E-state index contributed by atoms with van der Waals surface area (Å²) in [5.74, 6) is -3.01. The highest BCUT2D eigenvalue weighted by Gasteiger charge is 2.42. The van der Waals surface area contributed by atoms with Crippen LogP contribution in [0.3, 0.4) is 0 Å². The summed E-state index contributed by atoms with van der Waals surface area (Å²) in [7, 11) is 0. The lowest BCUT2D eigenvalue weighted by Crippen LogP contribution is -2.63. The Morgan fingerprint density at radius 2 is 1.42 bits per heavy atom. The lowest BCUT2D eigenvalue weighted by Gasteiger charge is -2.37. The van der Waals surface area contributed by atoms with Gasteiger partial charge in [0.2, 0.25) is 17.6 Å². The van der Waals surface area contributed by atoms with Gasteiger partial charge in [-0.1, -0.05) is 70.6 Å². The number of rotatable bonds is 10. The van der Waals surface area contributed by atoms with Gasteiger partial charge in [-0.25, -0.2) is 0 Å². The Bertz CT molecular complexity index is 997. The number of carbonyl (C=O) groups is 5. The normalized spacial score (nSPS) is 19.1. The molecule has 2 aliphatic rings. The topological polar surface area (TPSA) is 133 Å². The molecule has 2 atom stereocenters. The molecule has 2 fully saturated rings. The summed E-state index contributed by atoms with van der Waals surface area (Å²) in [4.78, 5) is 65.0. The number of nitrogens with one attached hydrogen (secondary N) is 4. The van der Waals surface area contributed by atoms with Crippen molar-refractivity contribution in [3.05, 3.63) is 35.9 Å². The fourth-order valence-corrected chi connectivity index (χ4v) is 5.30. The van der Waals surface area contributed by atoms with Crippen molar-refractivity contribution in [2.45, 2.75) is 109 Å². The van der Waals surface area contributed by atoms with Gasteiger partial charge in [-0.15, -0.1) is 0 Å². The third kappa shape index (κ3) is 7.65. The molecule has 9 heteroatoms. The average molecular weight is 527 g/mol. The van der Waals surface area contributed by atoms with Crippen LogP contribution < -0.4 is 21.3 Å². The van der Waals surface area contributed by atoms with E-state index in [2.05, 4.69) is 21.3 Å². The molecule has 38 heavy (non-hydrogen) atoms. The van der Waals surface area contributed by atoms with E-state index >= 15 is 0 Å². The molecule has 4 amide bonds. The van der Waals surface area contributed by atoms with Crippen LogP contribution >= 0.6 is 0 Å². The van der Waals surface area contributed by atoms with Crippen LogP contribution in [-0.2, 0) is 19.2 Å². The molecule has 0 spiro atoms. The lowest BCUT2D eigenvalue weighted by molar-refractivity contribution is -0.141. The van der Waals surface area contributed by atoms with Crippen molar-refractivity contribution < 1.29 is 24.0 Å². The van der Waals surface area contributed by atoms with Gasteiger partial charge in [0.25, 0.3) is 11.8 Å². The van der Waals surface area contributed by atoms with Gasteiger partial charge in [0, 0.05) is 11.6 Å². The van der Waals surface area contributed by atoms with Crippen LogP contribution in [0.5, 0.6) is 0 Å². The van der Waals surface area contributed by atoms with E-state index in [1.807, 2.05) is 6.07 Å². The van der Waals surface area contributed by atoms with E-state index < -0.39 is 41.1 Å². The number of ketones is 1. The first-order valence-electron chi connectivity index (χ1n) is 14.0. The van der Waals surface area contributed by atoms with E-state index in [0.717, 1.165) is 51.4 Å². The van der Waals surface area contributed by atoms with Crippen molar-refractivity contribution in [1.29, 1.82) is 0 Å². The van der Waals surface area contributed by atoms with Crippen molar-refractivity contribution in [3.8, 4) is 0 Å². The van der Waals surface area contributed by atoms with Crippen LogP contribution in [0.2, 0.25) is 0 Å². The summed E-state index contributed by atoms with van der Waals surface area (Å²) < 4.78 is 0. The minimum absolute atomic E-state index is 0.0142. The monoisotopic (exact) mass is 526 g/mol. The highest BCUT2D eigenvalue weighted by Crippen LogP contribution is 2.29. The minimum Gasteiger partial charge on any atom is -0.347 e. The number of benzene rings is 1. The molecule has 208 valence electrons. The molecule has 0 aromatic heterocycles. The molecular formula is C29H42N4O5. The predicted molar refractivity (Wildman–Crippen MR) is 144 cm³/mol. The van der Waals surface area contributed by atoms with Gasteiger partial charge in [-0.05, 0) is 50.7 Å². The molecule has 2 aliphatic carbocycles. The summed E-state index contributed by atoms with van der Waals surface area (Å²) in [6.45, 7) is 5.05. The molecule has 0 bridgehead atoms. The zero-order valence-electron chi connectivity index (χ0n) is 22.8. The van der Waals surface area contributed by atoms with Crippen molar-refractivity contribution in [3.63, 3.8) is 0 Å². The first-order valence-corrected chi connectivity index (χ1v) is 14.0. The van der Waals surface area contributed by atoms with Crippen LogP contribution in [0.15, 0.2) is 30.3 Å². The molecule has 0 aliphatic heterocycles. The van der Waals surface area contributed by atoms with Crippen LogP contribution in [-0.4, -0.2) is 53.1 Å². The van der Waals surface area contributed by atoms with E-state index in [9.17, 15) is 24.0 Å². The van der Waals surface area contributed by atoms with Crippen molar-refractivity contribution in [2.75, 3.05) is 0 Å². The number of hydrogen-bond acceptors (Lipinski definition) is 5. The SMILES string of the molecule is CC(C)[C@H](NC(=O)[C@H](C)NC(=O)C1(NC(=O)c2ccccc2)CCCCC1)C(=O)C(=O)NC1CCCCC1. The molecule has 9 nitrogen and oxygen atoms in total. The van der Waals surface area contributed by atoms with E-state index in [-0.39, 0.29) is 17.9 Å². The lowest BCUT2D eigenvalue weighted by atomic mass is 9.80. The molecule has 2 saturated carbocycles. The highest BCUT2D eigenvalue weighted by atomic mass is 16.2. The minimum atomic E-state index is -1.12. The second-order valence-electron chi connectivity index (χ2n) is 11.1. The Labute approximate surface area is 225 Å². The molecule has 4 N–H and O–H groups in total. The maximum atomic E-state index is 13.4. The van der Waals surface area contributed by atoms with Gasteiger partial charge < -0.3 is 21.3 Å². The number of Topliss-reactive ketones (excluding diaryl/α,β-unsaturated/α-hetero) is 1. The van der Waals surface area contributed by atoms with E-state index in [1.165, 1.54) is 6.92 Å². The third-order valence-electron chi connectivity index (χ3n) is 7.68. The molecule has 0 saturated heterocycles. The van der Waals surface area contributed by atoms with Crippen LogP contribution in [0.25, 0.3) is 0 Å². The standard InChI is InChI=1S/C29H42N4O5/c1-19(2)23(24(34)27(37)31-22-15-9-5-10-16-22)32-25(35)20(3)30-28(38)29(17-11-6-12-18-29)33-26(36)21-13-7-4-8-14-21/h4,7-8,13-14,19-20,22-23H,5-6,9-12,15-18H2,1-3H3,(H,30,38)(H,31,37)(H,32,35)(H,33,36)/t20-,23-/m0/s1. The predicted octanol–water partition coefficient (Wildman–Crippen LogP) is 2.78. The Hall–Kier alpha value is -3.23. The van der Waals surface area contributed by atoms with Gasteiger partial charge in [0.05, 0.1) is 6.04 Å². The third-order valence-corrected chi connectivity index (χ3v) is 7.68. The highest BCUT2D eigenvalue weighted by molar-refractivity contribution is 6.38. The van der Waals surface area contributed by atoms with E-state index in [4.69, 9.17) is 0 Å². The first-order chi connectivity index (χ1) is 18.1. The Balaban J connectivity index is 1.63. The van der Waals surface area contributed by atoms with Crippen LogP contribution in [0, 0.1) is 5.92 Å². The number of carbonyl (C=O) groups excluding carboxylic acids is 5. The maximum Gasteiger partial charge on any atom is 0.289 e. The zero-order valence-corrected chi connectivity index (χ0v) is 22.8. The quantitative estimate of drug-likeness (QED) is 0.348. The van der Waals surface area contributed by atoms with Gasteiger partial charge in [0.1, 0.15) is 11.6 Å². The summed E-state index contributed by atoms with van der Waals surface area (Å²) in [6, 6.07) is 6.72.